The summed E-state index contributed by atoms with van der Waals surface area (Å²) >= 11 is 0. The van der Waals surface area contributed by atoms with Crippen molar-refractivity contribution in [1.82, 2.24) is 20.9 Å². The SMILES string of the molecule is CN=C(NCCNC(=O)c1cccnc1)NCc1ccc(OC)cc1OC. The fourth-order valence-electron chi connectivity index (χ4n) is 2.35. The first kappa shape index (κ1) is 20.0. The molecule has 0 atom stereocenters. The summed E-state index contributed by atoms with van der Waals surface area (Å²) < 4.78 is 10.6. The van der Waals surface area contributed by atoms with E-state index in [1.54, 1.807) is 39.6 Å². The minimum Gasteiger partial charge on any atom is -0.497 e. The van der Waals surface area contributed by atoms with E-state index < -0.39 is 0 Å². The number of benzene rings is 1. The van der Waals surface area contributed by atoms with Gasteiger partial charge in [0.2, 0.25) is 0 Å². The minimum absolute atomic E-state index is 0.157. The highest BCUT2D eigenvalue weighted by Crippen LogP contribution is 2.24. The lowest BCUT2D eigenvalue weighted by atomic mass is 10.2. The number of amides is 1. The third kappa shape index (κ3) is 6.18. The van der Waals surface area contributed by atoms with E-state index in [1.807, 2.05) is 18.2 Å². The summed E-state index contributed by atoms with van der Waals surface area (Å²) in [6.45, 7) is 1.53. The molecular formula is C19H25N5O3. The number of methoxy groups -OCH3 is 2. The number of pyridine rings is 1. The largest absolute Gasteiger partial charge is 0.497 e. The highest BCUT2D eigenvalue weighted by molar-refractivity contribution is 5.93. The first-order chi connectivity index (χ1) is 13.2. The molecule has 0 saturated heterocycles. The molecule has 8 nitrogen and oxygen atoms in total. The standard InChI is InChI=1S/C19H25N5O3/c1-20-19(23-10-9-22-18(25)15-5-4-8-21-12-15)24-13-14-6-7-16(26-2)11-17(14)27-3/h4-8,11-12H,9-10,13H2,1-3H3,(H,22,25)(H2,20,23,24). The Balaban J connectivity index is 1.77. The van der Waals surface area contributed by atoms with Crippen LogP contribution in [0.5, 0.6) is 11.5 Å². The van der Waals surface area contributed by atoms with E-state index in [-0.39, 0.29) is 5.91 Å². The third-order valence-corrected chi connectivity index (χ3v) is 3.79. The molecule has 1 aromatic carbocycles. The van der Waals surface area contributed by atoms with Crippen molar-refractivity contribution in [2.75, 3.05) is 34.4 Å². The topological polar surface area (TPSA) is 96.9 Å². The Morgan fingerprint density at radius 3 is 2.59 bits per heavy atom. The Morgan fingerprint density at radius 2 is 1.93 bits per heavy atom. The van der Waals surface area contributed by atoms with Crippen LogP contribution in [0.4, 0.5) is 0 Å². The maximum absolute atomic E-state index is 11.9. The number of ether oxygens (including phenoxy) is 2. The number of guanidine groups is 1. The Bertz CT molecular complexity index is 765. The van der Waals surface area contributed by atoms with Crippen molar-refractivity contribution in [1.29, 1.82) is 0 Å². The predicted octanol–water partition coefficient (Wildman–Crippen LogP) is 1.19. The first-order valence-electron chi connectivity index (χ1n) is 8.51. The van der Waals surface area contributed by atoms with Gasteiger partial charge in [-0.2, -0.15) is 0 Å². The Kier molecular flexibility index (Phi) is 7.90. The van der Waals surface area contributed by atoms with Crippen LogP contribution in [-0.4, -0.2) is 51.2 Å². The van der Waals surface area contributed by atoms with E-state index in [1.165, 1.54) is 6.20 Å². The van der Waals surface area contributed by atoms with Gasteiger partial charge in [-0.05, 0) is 24.3 Å². The molecule has 2 rings (SSSR count). The maximum Gasteiger partial charge on any atom is 0.252 e. The van der Waals surface area contributed by atoms with Gasteiger partial charge in [-0.15, -0.1) is 0 Å². The van der Waals surface area contributed by atoms with Gasteiger partial charge in [0.05, 0.1) is 19.8 Å². The van der Waals surface area contributed by atoms with Crippen LogP contribution in [-0.2, 0) is 6.54 Å². The lowest BCUT2D eigenvalue weighted by molar-refractivity contribution is 0.0954. The van der Waals surface area contributed by atoms with E-state index in [4.69, 9.17) is 9.47 Å². The van der Waals surface area contributed by atoms with E-state index in [0.29, 0.717) is 31.2 Å². The van der Waals surface area contributed by atoms with E-state index in [2.05, 4.69) is 25.9 Å². The molecule has 0 bridgehead atoms. The summed E-state index contributed by atoms with van der Waals surface area (Å²) in [4.78, 5) is 20.0. The second kappa shape index (κ2) is 10.6. The fraction of sp³-hybridized carbons (Fsp3) is 0.316. The van der Waals surface area contributed by atoms with Crippen LogP contribution >= 0.6 is 0 Å². The fourth-order valence-corrected chi connectivity index (χ4v) is 2.35. The summed E-state index contributed by atoms with van der Waals surface area (Å²) in [5.74, 6) is 1.95. The molecule has 0 unspecified atom stereocenters. The van der Waals surface area contributed by atoms with E-state index in [0.717, 1.165) is 17.1 Å². The van der Waals surface area contributed by atoms with Gasteiger partial charge in [-0.3, -0.25) is 14.8 Å². The van der Waals surface area contributed by atoms with Crippen LogP contribution in [0.25, 0.3) is 0 Å². The molecule has 1 amide bonds. The van der Waals surface area contributed by atoms with Crippen LogP contribution in [0.3, 0.4) is 0 Å². The van der Waals surface area contributed by atoms with Crippen molar-refractivity contribution in [2.45, 2.75) is 6.54 Å². The van der Waals surface area contributed by atoms with Crippen molar-refractivity contribution in [3.8, 4) is 11.5 Å². The molecule has 0 aliphatic heterocycles. The zero-order valence-corrected chi connectivity index (χ0v) is 15.8. The second-order valence-corrected chi connectivity index (χ2v) is 5.53. The minimum atomic E-state index is -0.157. The average Bonchev–Trinajstić information content (AvgIpc) is 2.73. The molecule has 0 aliphatic rings. The number of carbonyl (C=O) groups excluding carboxylic acids is 1. The van der Waals surface area contributed by atoms with Gasteiger partial charge in [-0.25, -0.2) is 0 Å². The van der Waals surface area contributed by atoms with Crippen molar-refractivity contribution in [2.24, 2.45) is 4.99 Å². The smallest absolute Gasteiger partial charge is 0.252 e. The molecule has 3 N–H and O–H groups in total. The number of nitrogens with zero attached hydrogens (tertiary/aromatic N) is 2. The molecule has 0 saturated carbocycles. The number of aliphatic imine (C=N–C) groups is 1. The predicted molar refractivity (Wildman–Crippen MR) is 104 cm³/mol. The molecule has 0 fully saturated rings. The van der Waals surface area contributed by atoms with Crippen molar-refractivity contribution >= 4 is 11.9 Å². The van der Waals surface area contributed by atoms with E-state index >= 15 is 0 Å². The molecule has 0 radical (unpaired) electrons. The first-order valence-corrected chi connectivity index (χ1v) is 8.51. The van der Waals surface area contributed by atoms with Gasteiger partial charge in [0, 0.05) is 50.7 Å². The molecule has 2 aromatic rings. The molecule has 8 heteroatoms. The quantitative estimate of drug-likeness (QED) is 0.366. The zero-order chi connectivity index (χ0) is 19.5. The van der Waals surface area contributed by atoms with Crippen LogP contribution in [0.1, 0.15) is 15.9 Å². The summed E-state index contributed by atoms with van der Waals surface area (Å²) in [7, 11) is 4.93. The molecule has 0 spiro atoms. The molecule has 1 heterocycles. The average molecular weight is 371 g/mol. The Labute approximate surface area is 159 Å². The molecule has 1 aromatic heterocycles. The number of hydrogen-bond donors (Lipinski definition) is 3. The zero-order valence-electron chi connectivity index (χ0n) is 15.8. The van der Waals surface area contributed by atoms with Crippen molar-refractivity contribution in [3.05, 3.63) is 53.9 Å². The highest BCUT2D eigenvalue weighted by atomic mass is 16.5. The van der Waals surface area contributed by atoms with Crippen LogP contribution in [0.2, 0.25) is 0 Å². The summed E-state index contributed by atoms with van der Waals surface area (Å²) in [6.07, 6.45) is 3.16. The van der Waals surface area contributed by atoms with Crippen LogP contribution < -0.4 is 25.4 Å². The van der Waals surface area contributed by atoms with Gasteiger partial charge in [-0.1, -0.05) is 0 Å². The van der Waals surface area contributed by atoms with Crippen molar-refractivity contribution in [3.63, 3.8) is 0 Å². The summed E-state index contributed by atoms with van der Waals surface area (Å²) in [6, 6.07) is 9.10. The van der Waals surface area contributed by atoms with Crippen LogP contribution in [0, 0.1) is 0 Å². The van der Waals surface area contributed by atoms with Gasteiger partial charge in [0.15, 0.2) is 5.96 Å². The lowest BCUT2D eigenvalue weighted by Gasteiger charge is -2.14. The second-order valence-electron chi connectivity index (χ2n) is 5.53. The van der Waals surface area contributed by atoms with Gasteiger partial charge >= 0.3 is 0 Å². The van der Waals surface area contributed by atoms with Gasteiger partial charge in [0.25, 0.3) is 5.91 Å². The number of nitrogens with one attached hydrogen (secondary N) is 3. The molecular weight excluding hydrogens is 346 g/mol. The number of hydrogen-bond acceptors (Lipinski definition) is 5. The van der Waals surface area contributed by atoms with Crippen molar-refractivity contribution < 1.29 is 14.3 Å². The Hall–Kier alpha value is -3.29. The normalized spacial score (nSPS) is 10.9. The lowest BCUT2D eigenvalue weighted by Crippen LogP contribution is -2.41. The summed E-state index contributed by atoms with van der Waals surface area (Å²) in [5.41, 5.74) is 1.51. The van der Waals surface area contributed by atoms with E-state index in [9.17, 15) is 4.79 Å². The number of carbonyl (C=O) groups is 1. The molecule has 27 heavy (non-hydrogen) atoms. The van der Waals surface area contributed by atoms with Gasteiger partial charge < -0.3 is 25.4 Å². The van der Waals surface area contributed by atoms with Gasteiger partial charge in [0.1, 0.15) is 11.5 Å². The maximum atomic E-state index is 11.9. The highest BCUT2D eigenvalue weighted by Gasteiger charge is 2.07. The Morgan fingerprint density at radius 1 is 1.11 bits per heavy atom. The number of aromatic nitrogens is 1. The van der Waals surface area contributed by atoms with Crippen LogP contribution in [0.15, 0.2) is 47.7 Å². The third-order valence-electron chi connectivity index (χ3n) is 3.79. The number of rotatable bonds is 8. The molecule has 144 valence electrons. The molecule has 0 aliphatic carbocycles. The monoisotopic (exact) mass is 371 g/mol. The summed E-state index contributed by atoms with van der Waals surface area (Å²) in [5, 5.41) is 9.19.